The molecule has 0 aliphatic heterocycles. The Balaban J connectivity index is 0.00000690. The van der Waals surface area contributed by atoms with E-state index in [1.54, 1.807) is 63.5 Å². The maximum Gasteiger partial charge on any atom is 0.270 e. The highest BCUT2D eigenvalue weighted by atomic mass is 35.5. The van der Waals surface area contributed by atoms with E-state index in [1.165, 1.54) is 47.9 Å². The lowest BCUT2D eigenvalue weighted by molar-refractivity contribution is 0.103. The number of carbonyl (C=O) groups excluding carboxylic acids is 2. The van der Waals surface area contributed by atoms with Gasteiger partial charge in [-0.2, -0.15) is 0 Å². The molecule has 0 amide bonds. The topological polar surface area (TPSA) is 109 Å². The van der Waals surface area contributed by atoms with Crippen LogP contribution in [0.15, 0.2) is 156 Å². The number of Topliss-reactive ketones (excluding diaryl/α,β-unsaturated/α-hetero) is 2. The summed E-state index contributed by atoms with van der Waals surface area (Å²) in [4.78, 5) is 43.9. The standard InChI is InChI=1S/C110H107Cl3N4O4S4.2H2/c1-12-19-25-29-35-70-39-47-74(48-40-70)109(75-49-41-71(42-50-75)36-30-26-20-13-2)86-58-78(56-84-93(91(63-114)116-10)80-55-68(9)88(111)61-82(80)99(84)118)122-103(86)107-97(109)95-101(120-65-67(8)33-23-16-5)105-96(102(106(95)125-107)121-66-69(18-7)34-24-17-6)98-108(124-105)104-87(59-79(123-104)57-85-94(92(64-115)117-11)81-60-89(112)90(113)62-83(81)100(85)119)110(98,76-51-43-72(44-52-76)37-31-27-21-14-3)77-53-45-73(46-54-77)38-32-28-22-15-4;;/h7,39-62,67,69H,12-17,19-38,65-66H2,1-6,8-9H3;2*1H/b84-56-,85-57-,93-91-,94-92+;;. The van der Waals surface area contributed by atoms with E-state index >= 15 is 9.59 Å². The third-order valence-electron chi connectivity index (χ3n) is 26.0. The fraction of sp³-hybridized carbons (Fsp3) is 0.364. The molecule has 0 spiro atoms. The second-order valence-corrected chi connectivity index (χ2v) is 39.9. The molecule has 4 aliphatic rings. The Morgan fingerprint density at radius 1 is 0.464 bits per heavy atom. The van der Waals surface area contributed by atoms with Gasteiger partial charge >= 0.3 is 0 Å². The van der Waals surface area contributed by atoms with Crippen LogP contribution in [-0.4, -0.2) is 24.8 Å². The first-order valence-corrected chi connectivity index (χ1v) is 49.7. The number of halogens is 3. The second kappa shape index (κ2) is 40.0. The molecule has 0 fully saturated rings. The van der Waals surface area contributed by atoms with E-state index in [0.29, 0.717) is 33.9 Å². The molecule has 4 aromatic heterocycles. The number of ether oxygens (including phenoxy) is 2. The average molecular weight is 1790 g/mol. The lowest BCUT2D eigenvalue weighted by Gasteiger charge is -2.35. The number of nitrogens with zero attached hydrogens (tertiary/aromatic N) is 4. The number of unbranched alkanes of at least 4 members (excludes halogenated alkanes) is 14. The van der Waals surface area contributed by atoms with Gasteiger partial charge in [-0.3, -0.25) is 9.59 Å². The predicted molar refractivity (Wildman–Crippen MR) is 530 cm³/mol. The number of terminal acetylenes is 1. The third kappa shape index (κ3) is 17.1. The summed E-state index contributed by atoms with van der Waals surface area (Å²) in [6.45, 7) is 35.1. The van der Waals surface area contributed by atoms with Crippen molar-refractivity contribution in [3.8, 4) is 55.5 Å². The van der Waals surface area contributed by atoms with Crippen LogP contribution in [0.25, 0.3) is 72.7 Å². The molecule has 125 heavy (non-hydrogen) atoms. The van der Waals surface area contributed by atoms with Gasteiger partial charge in [0.25, 0.3) is 11.4 Å². The van der Waals surface area contributed by atoms with Crippen LogP contribution >= 0.6 is 80.1 Å². The fourth-order valence-electron chi connectivity index (χ4n) is 19.4. The molecule has 8 nitrogen and oxygen atoms in total. The number of thiophene rings is 4. The van der Waals surface area contributed by atoms with E-state index in [0.717, 1.165) is 252 Å². The van der Waals surface area contributed by atoms with Crippen molar-refractivity contribution < 1.29 is 21.9 Å². The molecule has 0 saturated carbocycles. The number of rotatable bonds is 38. The molecule has 0 saturated heterocycles. The van der Waals surface area contributed by atoms with E-state index in [-0.39, 0.29) is 76.6 Å². The summed E-state index contributed by atoms with van der Waals surface area (Å²) in [6, 6.07) is 53.2. The van der Waals surface area contributed by atoms with Crippen LogP contribution in [0.1, 0.15) is 306 Å². The van der Waals surface area contributed by atoms with Crippen molar-refractivity contribution in [3.63, 3.8) is 0 Å². The maximum absolute atomic E-state index is 15.4. The van der Waals surface area contributed by atoms with Crippen LogP contribution < -0.4 is 9.47 Å². The van der Waals surface area contributed by atoms with Gasteiger partial charge in [-0.15, -0.1) is 51.8 Å². The Hall–Kier alpha value is -9.85. The van der Waals surface area contributed by atoms with Crippen LogP contribution in [-0.2, 0) is 36.5 Å². The Morgan fingerprint density at radius 2 is 0.816 bits per heavy atom. The SMILES string of the molecule is [C-]#[N+]/C(C#N)=C1\C(=C\c2cc3c(s2)-c2sc4c(OCC(C#C)CCCC)c5c6c(sc5c(OCC(C)CCCC)c4c2C3(c2ccc(CCCCCC)cc2)c2ccc(CCCCCC)cc2)-c2sc(/C=C3\C(=O)c4cc(Cl)c(Cl)cc4\C3=C(\C#N)[N+]#[C-])cc2C6(c2ccc(CCCCCC)cc2)c2ccc(CCCCCC)cc2)C(=O)c2cc(Cl)c(C)cc21.[HH].[HH]. The van der Waals surface area contributed by atoms with E-state index in [1.807, 2.05) is 25.1 Å². The summed E-state index contributed by atoms with van der Waals surface area (Å²) < 4.78 is 18.1. The lowest BCUT2D eigenvalue weighted by Crippen LogP contribution is -2.29. The zero-order chi connectivity index (χ0) is 87.8. The van der Waals surface area contributed by atoms with E-state index in [4.69, 9.17) is 63.8 Å². The first kappa shape index (κ1) is 90.0. The van der Waals surface area contributed by atoms with Gasteiger partial charge < -0.3 is 9.47 Å². The number of hydrogen-bond acceptors (Lipinski definition) is 10. The zero-order valence-corrected chi connectivity index (χ0v) is 78.6. The molecule has 15 rings (SSSR count). The highest BCUT2D eigenvalue weighted by Gasteiger charge is 2.55. The van der Waals surface area contributed by atoms with Crippen molar-refractivity contribution in [1.29, 1.82) is 10.5 Å². The number of nitriles is 2. The number of allylic oxidation sites excluding steroid dienone is 6. The van der Waals surface area contributed by atoms with E-state index in [2.05, 4.69) is 185 Å². The molecular formula is C110H111Cl3N4O4S4. The number of carbonyl (C=O) groups is 2. The van der Waals surface area contributed by atoms with Gasteiger partial charge in [0.05, 0.1) is 87.6 Å². The minimum absolute atomic E-state index is 0. The number of hydrogen-bond donors (Lipinski definition) is 0. The number of fused-ring (bicyclic) bond motifs is 12. The van der Waals surface area contributed by atoms with Crippen LogP contribution in [0.2, 0.25) is 15.1 Å². The van der Waals surface area contributed by atoms with Gasteiger partial charge in [0.1, 0.15) is 18.1 Å². The zero-order valence-electron chi connectivity index (χ0n) is 73.1. The minimum Gasteiger partial charge on any atom is -0.491 e. The first-order chi connectivity index (χ1) is 60.9. The monoisotopic (exact) mass is 1780 g/mol. The predicted octanol–water partition coefficient (Wildman–Crippen LogP) is 33.1. The van der Waals surface area contributed by atoms with Crippen LogP contribution in [0.3, 0.4) is 0 Å². The van der Waals surface area contributed by atoms with E-state index in [9.17, 15) is 10.5 Å². The highest BCUT2D eigenvalue weighted by Crippen LogP contribution is 2.71. The Labute approximate surface area is 773 Å². The van der Waals surface area contributed by atoms with Gasteiger partial charge in [-0.1, -0.05) is 295 Å². The molecule has 11 aromatic rings. The summed E-state index contributed by atoms with van der Waals surface area (Å²) in [5, 5.41) is 24.4. The largest absolute Gasteiger partial charge is 0.491 e. The molecule has 0 radical (unpaired) electrons. The van der Waals surface area contributed by atoms with Crippen LogP contribution in [0, 0.1) is 66.9 Å². The number of aryl methyl sites for hydroxylation is 5. The normalized spacial score (nSPS) is 15.7. The molecule has 0 bridgehead atoms. The molecule has 4 aliphatic carbocycles. The quantitative estimate of drug-likeness (QED) is 0.0125. The average Bonchev–Trinajstić information content (AvgIpc) is 1.49. The molecule has 2 unspecified atom stereocenters. The van der Waals surface area contributed by atoms with Gasteiger partial charge in [0.15, 0.2) is 11.6 Å². The highest BCUT2D eigenvalue weighted by molar-refractivity contribution is 7.29. The maximum atomic E-state index is 15.4. The van der Waals surface area contributed by atoms with Crippen molar-refractivity contribution in [2.45, 2.75) is 233 Å². The minimum atomic E-state index is -1.09. The number of benzene rings is 7. The van der Waals surface area contributed by atoms with Crippen LogP contribution in [0.4, 0.5) is 0 Å². The molecule has 15 heteroatoms. The Kier molecular flexibility index (Phi) is 28.8. The Bertz CT molecular complexity index is 6050. The van der Waals surface area contributed by atoms with Gasteiger partial charge in [-0.05, 0) is 192 Å². The van der Waals surface area contributed by atoms with Crippen LogP contribution in [0.5, 0.6) is 11.5 Å². The molecule has 7 aromatic carbocycles. The fourth-order valence-corrected chi connectivity index (χ4v) is 25.2. The summed E-state index contributed by atoms with van der Waals surface area (Å²) in [6.07, 6.45) is 38.0. The van der Waals surface area contributed by atoms with Gasteiger partial charge in [-0.25, -0.2) is 20.2 Å². The lowest BCUT2D eigenvalue weighted by atomic mass is 9.66. The molecule has 4 heterocycles. The summed E-state index contributed by atoms with van der Waals surface area (Å²) in [5.74, 6) is 3.97. The summed E-state index contributed by atoms with van der Waals surface area (Å²) in [7, 11) is 0. The van der Waals surface area contributed by atoms with Crippen molar-refractivity contribution in [2.75, 3.05) is 13.2 Å². The Morgan fingerprint density at radius 3 is 1.18 bits per heavy atom. The molecular weight excluding hydrogens is 1680 g/mol. The smallest absolute Gasteiger partial charge is 0.270 e. The van der Waals surface area contributed by atoms with Gasteiger partial charge in [0, 0.05) is 72.9 Å². The van der Waals surface area contributed by atoms with E-state index < -0.39 is 10.8 Å². The van der Waals surface area contributed by atoms with Crippen molar-refractivity contribution >= 4 is 135 Å². The second-order valence-electron chi connectivity index (χ2n) is 34.5. The summed E-state index contributed by atoms with van der Waals surface area (Å²) in [5.41, 5.74) is 14.3. The molecule has 640 valence electrons. The van der Waals surface area contributed by atoms with Crippen molar-refractivity contribution in [1.82, 2.24) is 0 Å². The summed E-state index contributed by atoms with van der Waals surface area (Å²) >= 11 is 27.1. The van der Waals surface area contributed by atoms with Crippen molar-refractivity contribution in [2.24, 2.45) is 11.8 Å². The third-order valence-corrected chi connectivity index (χ3v) is 32.0. The van der Waals surface area contributed by atoms with Gasteiger partial charge in [0.2, 0.25) is 0 Å². The first-order valence-electron chi connectivity index (χ1n) is 45.3. The molecule has 2 atom stereocenters. The number of ketones is 2. The van der Waals surface area contributed by atoms with Crippen molar-refractivity contribution in [3.05, 3.63) is 298 Å². The molecule has 0 N–H and O–H groups in total.